The minimum atomic E-state index is -1.75. The predicted octanol–water partition coefficient (Wildman–Crippen LogP) is 0.824. The van der Waals surface area contributed by atoms with E-state index in [9.17, 15) is 9.90 Å². The molecule has 1 aromatic carbocycles. The van der Waals surface area contributed by atoms with Gasteiger partial charge in [-0.3, -0.25) is 4.79 Å². The summed E-state index contributed by atoms with van der Waals surface area (Å²) in [6.45, 7) is -0.224. The van der Waals surface area contributed by atoms with Gasteiger partial charge in [0.05, 0.1) is 25.8 Å². The van der Waals surface area contributed by atoms with Crippen molar-refractivity contribution in [3.63, 3.8) is 0 Å². The second-order valence-corrected chi connectivity index (χ2v) is 7.73. The summed E-state index contributed by atoms with van der Waals surface area (Å²) in [4.78, 5) is 20.8. The van der Waals surface area contributed by atoms with Gasteiger partial charge in [-0.25, -0.2) is 0 Å². The van der Waals surface area contributed by atoms with Crippen LogP contribution in [0.25, 0.3) is 0 Å². The van der Waals surface area contributed by atoms with Gasteiger partial charge < -0.3 is 34.4 Å². The quantitative estimate of drug-likeness (QED) is 0.269. The van der Waals surface area contributed by atoms with Crippen LogP contribution in [0.3, 0.4) is 0 Å². The van der Waals surface area contributed by atoms with E-state index in [4.69, 9.17) is 24.8 Å². The molecule has 1 N–H and O–H groups in total. The molecule has 2 bridgehead atoms. The number of fused-ring (bicyclic) bond motifs is 5. The number of likely N-dealkylation sites (N-methyl/N-ethyl adjacent to an activating group) is 1. The molecule has 0 saturated carbocycles. The Kier molecular flexibility index (Phi) is 5.36. The molecule has 3 heterocycles. The van der Waals surface area contributed by atoms with E-state index in [1.54, 1.807) is 0 Å². The molecule has 0 aromatic heterocycles. The SMILES string of the molecule is C[N+]1(C)C2CC(OC(=O)[C@H](CO)c3ccccc3)CC1C1OC12.O=[N+]([O-])[O-]. The van der Waals surface area contributed by atoms with Crippen LogP contribution in [0.15, 0.2) is 30.3 Å². The Labute approximate surface area is 156 Å². The molecule has 9 nitrogen and oxygen atoms in total. The molecule has 148 valence electrons. The number of hydrogen-bond donors (Lipinski definition) is 1. The van der Waals surface area contributed by atoms with Gasteiger partial charge in [-0.05, 0) is 5.56 Å². The molecule has 4 unspecified atom stereocenters. The summed E-state index contributed by atoms with van der Waals surface area (Å²) in [6.07, 6.45) is 2.34. The topological polar surface area (TPSA) is 125 Å². The third-order valence-corrected chi connectivity index (χ3v) is 5.99. The number of hydrogen-bond acceptors (Lipinski definition) is 7. The number of ether oxygens (including phenoxy) is 2. The molecule has 3 aliphatic rings. The van der Waals surface area contributed by atoms with Crippen LogP contribution < -0.4 is 0 Å². The molecule has 9 heteroatoms. The third-order valence-electron chi connectivity index (χ3n) is 5.99. The number of rotatable bonds is 4. The van der Waals surface area contributed by atoms with E-state index in [-0.39, 0.29) is 18.7 Å². The lowest BCUT2D eigenvalue weighted by atomic mass is 9.95. The van der Waals surface area contributed by atoms with Crippen LogP contribution in [-0.2, 0) is 14.3 Å². The van der Waals surface area contributed by atoms with E-state index < -0.39 is 11.0 Å². The zero-order valence-electron chi connectivity index (χ0n) is 15.3. The monoisotopic (exact) mass is 380 g/mol. The first-order chi connectivity index (χ1) is 12.8. The third kappa shape index (κ3) is 3.90. The van der Waals surface area contributed by atoms with Crippen LogP contribution >= 0.6 is 0 Å². The van der Waals surface area contributed by atoms with E-state index in [0.717, 1.165) is 22.9 Å². The number of piperidine rings is 1. The molecule has 5 atom stereocenters. The molecule has 0 spiro atoms. The number of esters is 1. The molecule has 0 aliphatic carbocycles. The average Bonchev–Trinajstić information content (AvgIpc) is 3.34. The van der Waals surface area contributed by atoms with Gasteiger partial charge in [-0.1, -0.05) is 30.3 Å². The van der Waals surface area contributed by atoms with Crippen molar-refractivity contribution in [3.8, 4) is 0 Å². The zero-order chi connectivity index (χ0) is 19.8. The van der Waals surface area contributed by atoms with Gasteiger partial charge in [0, 0.05) is 12.8 Å². The predicted molar refractivity (Wildman–Crippen MR) is 94.1 cm³/mol. The summed E-state index contributed by atoms with van der Waals surface area (Å²) in [5.74, 6) is -0.908. The second-order valence-electron chi connectivity index (χ2n) is 7.73. The number of aliphatic hydroxyl groups is 1. The second kappa shape index (κ2) is 7.41. The summed E-state index contributed by atoms with van der Waals surface area (Å²) < 4.78 is 12.5. The molecule has 3 saturated heterocycles. The summed E-state index contributed by atoms with van der Waals surface area (Å²) >= 11 is 0. The first-order valence-electron chi connectivity index (χ1n) is 8.92. The van der Waals surface area contributed by atoms with Crippen molar-refractivity contribution < 1.29 is 28.9 Å². The van der Waals surface area contributed by atoms with Gasteiger partial charge >= 0.3 is 5.97 Å². The van der Waals surface area contributed by atoms with Gasteiger partial charge in [-0.15, -0.1) is 0 Å². The van der Waals surface area contributed by atoms with Crippen molar-refractivity contribution in [2.24, 2.45) is 0 Å². The molecule has 3 aliphatic heterocycles. The summed E-state index contributed by atoms with van der Waals surface area (Å²) in [5.41, 5.74) is 0.807. The highest BCUT2D eigenvalue weighted by molar-refractivity contribution is 5.78. The first-order valence-corrected chi connectivity index (χ1v) is 8.92. The number of morpholine rings is 1. The lowest BCUT2D eigenvalue weighted by Crippen LogP contribution is -2.60. The Morgan fingerprint density at radius 1 is 1.26 bits per heavy atom. The van der Waals surface area contributed by atoms with Gasteiger partial charge in [-0.2, -0.15) is 0 Å². The van der Waals surface area contributed by atoms with Crippen LogP contribution in [0.2, 0.25) is 0 Å². The highest BCUT2D eigenvalue weighted by Gasteiger charge is 2.70. The van der Waals surface area contributed by atoms with E-state index >= 15 is 0 Å². The molecular weight excluding hydrogens is 356 g/mol. The molecule has 3 fully saturated rings. The number of carbonyl (C=O) groups is 1. The zero-order valence-corrected chi connectivity index (χ0v) is 15.3. The minimum absolute atomic E-state index is 0.0576. The fourth-order valence-corrected chi connectivity index (χ4v) is 4.55. The number of benzene rings is 1. The normalized spacial score (nSPS) is 33.1. The lowest BCUT2D eigenvalue weighted by molar-refractivity contribution is -0.938. The van der Waals surface area contributed by atoms with Gasteiger partial charge in [0.1, 0.15) is 36.3 Å². The van der Waals surface area contributed by atoms with Crippen LogP contribution in [0, 0.1) is 15.3 Å². The Morgan fingerprint density at radius 2 is 1.78 bits per heavy atom. The van der Waals surface area contributed by atoms with Gasteiger partial charge in [0.15, 0.2) is 0 Å². The van der Waals surface area contributed by atoms with Crippen molar-refractivity contribution in [1.82, 2.24) is 0 Å². The van der Waals surface area contributed by atoms with E-state index in [0.29, 0.717) is 24.3 Å². The largest absolute Gasteiger partial charge is 0.461 e. The number of epoxide rings is 1. The average molecular weight is 380 g/mol. The Hall–Kier alpha value is -2.23. The number of carbonyl (C=O) groups excluding carboxylic acids is 1. The molecule has 0 amide bonds. The van der Waals surface area contributed by atoms with E-state index in [1.165, 1.54) is 0 Å². The lowest BCUT2D eigenvalue weighted by Gasteiger charge is -2.45. The smallest absolute Gasteiger partial charge is 0.316 e. The Morgan fingerprint density at radius 3 is 2.26 bits per heavy atom. The maximum absolute atomic E-state index is 12.5. The molecule has 4 rings (SSSR count). The standard InChI is InChI=1S/C18H24NO4.NO3/c1-19(2)14-8-12(9-15(19)17-16(14)23-17)22-18(21)13(10-20)11-6-4-3-5-7-11;2-1(3)4/h3-7,12-17,20H,8-10H2,1-2H3;/q+1;-1/t12?,13-,14?,15?,16?,17?;/m1./s1. The van der Waals surface area contributed by atoms with Crippen molar-refractivity contribution in [2.75, 3.05) is 20.7 Å². The van der Waals surface area contributed by atoms with Crippen molar-refractivity contribution in [2.45, 2.75) is 49.2 Å². The first kappa shape index (κ1) is 19.5. The van der Waals surface area contributed by atoms with Crippen LogP contribution in [0.5, 0.6) is 0 Å². The minimum Gasteiger partial charge on any atom is -0.461 e. The number of aliphatic hydroxyl groups excluding tert-OH is 1. The summed E-state index contributed by atoms with van der Waals surface area (Å²) in [5, 5.41) is 24.4. The van der Waals surface area contributed by atoms with Gasteiger partial charge in [0.25, 0.3) is 0 Å². The highest BCUT2D eigenvalue weighted by Crippen LogP contribution is 2.51. The Balaban J connectivity index is 0.000000481. The fraction of sp³-hybridized carbons (Fsp3) is 0.611. The van der Waals surface area contributed by atoms with Crippen LogP contribution in [0.4, 0.5) is 0 Å². The van der Waals surface area contributed by atoms with E-state index in [1.807, 2.05) is 30.3 Å². The molecule has 0 radical (unpaired) electrons. The number of nitrogens with zero attached hydrogens (tertiary/aromatic N) is 2. The summed E-state index contributed by atoms with van der Waals surface area (Å²) in [7, 11) is 4.51. The highest BCUT2D eigenvalue weighted by atomic mass is 16.9. The molecule has 1 aromatic rings. The maximum Gasteiger partial charge on any atom is 0.316 e. The fourth-order valence-electron chi connectivity index (χ4n) is 4.55. The van der Waals surface area contributed by atoms with Crippen LogP contribution in [0.1, 0.15) is 24.3 Å². The molecule has 27 heavy (non-hydrogen) atoms. The van der Waals surface area contributed by atoms with Crippen molar-refractivity contribution in [3.05, 3.63) is 51.2 Å². The van der Waals surface area contributed by atoms with Crippen molar-refractivity contribution in [1.29, 1.82) is 0 Å². The Bertz CT molecular complexity index is 672. The number of quaternary nitrogens is 1. The van der Waals surface area contributed by atoms with Gasteiger partial charge in [0.2, 0.25) is 0 Å². The maximum atomic E-state index is 12.5. The summed E-state index contributed by atoms with van der Waals surface area (Å²) in [6, 6.07) is 10.2. The van der Waals surface area contributed by atoms with Crippen molar-refractivity contribution >= 4 is 5.97 Å². The molecular formula is C18H24N2O7. The van der Waals surface area contributed by atoms with Crippen LogP contribution in [-0.4, -0.2) is 71.7 Å². The van der Waals surface area contributed by atoms with E-state index in [2.05, 4.69) is 14.1 Å².